The molecule has 1 aromatic carbocycles. The Labute approximate surface area is 118 Å². The summed E-state index contributed by atoms with van der Waals surface area (Å²) >= 11 is 1.65. The lowest BCUT2D eigenvalue weighted by molar-refractivity contribution is 0.432. The topological polar surface area (TPSA) is 28.2 Å². The summed E-state index contributed by atoms with van der Waals surface area (Å²) in [5.74, 6) is 0. The molecule has 1 aliphatic heterocycles. The highest BCUT2D eigenvalue weighted by Gasteiger charge is 2.23. The molecule has 0 radical (unpaired) electrons. The molecule has 3 nitrogen and oxygen atoms in total. The molecular formula is C15H21N3S. The molecule has 1 N–H and O–H groups in total. The minimum absolute atomic E-state index is 0.623. The number of aromatic nitrogens is 1. The minimum atomic E-state index is 0.623. The van der Waals surface area contributed by atoms with E-state index in [1.54, 1.807) is 11.5 Å². The molecule has 1 saturated heterocycles. The van der Waals surface area contributed by atoms with Gasteiger partial charge < -0.3 is 10.2 Å². The monoisotopic (exact) mass is 275 g/mol. The summed E-state index contributed by atoms with van der Waals surface area (Å²) in [6, 6.07) is 9.12. The molecule has 1 unspecified atom stereocenters. The molecule has 3 rings (SSSR count). The third-order valence-electron chi connectivity index (χ3n) is 3.80. The van der Waals surface area contributed by atoms with E-state index in [4.69, 9.17) is 0 Å². The lowest BCUT2D eigenvalue weighted by Crippen LogP contribution is -2.46. The van der Waals surface area contributed by atoms with Crippen molar-refractivity contribution in [2.75, 3.05) is 24.5 Å². The molecule has 0 bridgehead atoms. The first-order chi connectivity index (χ1) is 9.40. The first-order valence-corrected chi connectivity index (χ1v) is 7.99. The summed E-state index contributed by atoms with van der Waals surface area (Å²) in [6.07, 6.45) is 3.75. The summed E-state index contributed by atoms with van der Waals surface area (Å²) in [7, 11) is 0. The summed E-state index contributed by atoms with van der Waals surface area (Å²) in [5, 5.41) is 6.19. The van der Waals surface area contributed by atoms with Gasteiger partial charge >= 0.3 is 0 Å². The Kier molecular flexibility index (Phi) is 3.99. The van der Waals surface area contributed by atoms with Crippen LogP contribution < -0.4 is 10.2 Å². The third kappa shape index (κ3) is 2.60. The van der Waals surface area contributed by atoms with Gasteiger partial charge in [0.15, 0.2) is 0 Å². The maximum atomic E-state index is 4.60. The fraction of sp³-hybridized carbons (Fsp3) is 0.533. The Bertz CT molecular complexity index is 531. The van der Waals surface area contributed by atoms with Crippen LogP contribution in [-0.2, 0) is 0 Å². The number of hydrogen-bond acceptors (Lipinski definition) is 4. The predicted octanol–water partition coefficient (Wildman–Crippen LogP) is 3.26. The van der Waals surface area contributed by atoms with Crippen molar-refractivity contribution in [2.45, 2.75) is 32.2 Å². The molecule has 0 saturated carbocycles. The first-order valence-electron chi connectivity index (χ1n) is 7.22. The Morgan fingerprint density at radius 2 is 2.32 bits per heavy atom. The number of nitrogens with zero attached hydrogens (tertiary/aromatic N) is 2. The second-order valence-corrected chi connectivity index (χ2v) is 5.95. The molecule has 1 atom stereocenters. The van der Waals surface area contributed by atoms with E-state index in [0.29, 0.717) is 6.04 Å². The number of anilines is 1. The SMILES string of the molecule is CCCN(c1snc2ccccc12)C1CCCNC1. The molecule has 2 aromatic rings. The Balaban J connectivity index is 1.94. The molecule has 1 aromatic heterocycles. The standard InChI is InChI=1S/C15H21N3S/c1-2-10-18(12-6-5-9-16-11-12)15-13-7-3-4-8-14(13)17-19-15/h3-4,7-8,12,16H,2,5-6,9-11H2,1H3. The lowest BCUT2D eigenvalue weighted by Gasteiger charge is -2.35. The number of nitrogens with one attached hydrogen (secondary N) is 1. The number of rotatable bonds is 4. The van der Waals surface area contributed by atoms with Gasteiger partial charge in [-0.3, -0.25) is 0 Å². The highest BCUT2D eigenvalue weighted by atomic mass is 32.1. The summed E-state index contributed by atoms with van der Waals surface area (Å²) < 4.78 is 4.60. The van der Waals surface area contributed by atoms with Crippen molar-refractivity contribution < 1.29 is 0 Å². The maximum absolute atomic E-state index is 4.60. The van der Waals surface area contributed by atoms with Crippen molar-refractivity contribution >= 4 is 27.4 Å². The molecule has 0 amide bonds. The van der Waals surface area contributed by atoms with Crippen LogP contribution in [0.5, 0.6) is 0 Å². The van der Waals surface area contributed by atoms with Crippen LogP contribution in [0.1, 0.15) is 26.2 Å². The van der Waals surface area contributed by atoms with E-state index in [1.807, 2.05) is 0 Å². The summed E-state index contributed by atoms with van der Waals surface area (Å²) in [4.78, 5) is 2.58. The van der Waals surface area contributed by atoms with Crippen LogP contribution in [0.25, 0.3) is 10.9 Å². The van der Waals surface area contributed by atoms with Crippen LogP contribution in [0.3, 0.4) is 0 Å². The van der Waals surface area contributed by atoms with E-state index in [-0.39, 0.29) is 0 Å². The van der Waals surface area contributed by atoms with Crippen molar-refractivity contribution in [3.8, 4) is 0 Å². The molecule has 1 aliphatic rings. The van der Waals surface area contributed by atoms with Gasteiger partial charge in [0.1, 0.15) is 5.00 Å². The largest absolute Gasteiger partial charge is 0.357 e. The van der Waals surface area contributed by atoms with Crippen LogP contribution in [0.4, 0.5) is 5.00 Å². The van der Waals surface area contributed by atoms with Gasteiger partial charge in [0.25, 0.3) is 0 Å². The molecule has 102 valence electrons. The van der Waals surface area contributed by atoms with Crippen molar-refractivity contribution in [1.82, 2.24) is 9.69 Å². The van der Waals surface area contributed by atoms with E-state index in [0.717, 1.165) is 18.6 Å². The van der Waals surface area contributed by atoms with E-state index in [1.165, 1.54) is 36.2 Å². The van der Waals surface area contributed by atoms with Crippen molar-refractivity contribution in [1.29, 1.82) is 0 Å². The number of piperidine rings is 1. The number of hydrogen-bond donors (Lipinski definition) is 1. The van der Waals surface area contributed by atoms with Crippen LogP contribution in [0.15, 0.2) is 24.3 Å². The van der Waals surface area contributed by atoms with Gasteiger partial charge in [0.05, 0.1) is 5.52 Å². The number of fused-ring (bicyclic) bond motifs is 1. The normalized spacial score (nSPS) is 19.7. The first kappa shape index (κ1) is 12.9. The molecule has 0 aliphatic carbocycles. The van der Waals surface area contributed by atoms with Gasteiger partial charge in [-0.05, 0) is 49.5 Å². The molecule has 0 spiro atoms. The zero-order valence-electron chi connectivity index (χ0n) is 11.4. The molecule has 1 fully saturated rings. The van der Waals surface area contributed by atoms with Crippen LogP contribution in [0, 0.1) is 0 Å². The van der Waals surface area contributed by atoms with Gasteiger partial charge in [0.2, 0.25) is 0 Å². The summed E-state index contributed by atoms with van der Waals surface area (Å²) in [5.41, 5.74) is 1.13. The van der Waals surface area contributed by atoms with E-state index in [9.17, 15) is 0 Å². The van der Waals surface area contributed by atoms with Gasteiger partial charge in [-0.25, -0.2) is 0 Å². The van der Waals surface area contributed by atoms with Crippen LogP contribution in [0.2, 0.25) is 0 Å². The highest BCUT2D eigenvalue weighted by Crippen LogP contribution is 2.33. The van der Waals surface area contributed by atoms with Crippen molar-refractivity contribution in [3.05, 3.63) is 24.3 Å². The third-order valence-corrected chi connectivity index (χ3v) is 4.72. The Hall–Kier alpha value is -1.13. The predicted molar refractivity (Wildman–Crippen MR) is 83.1 cm³/mol. The average Bonchev–Trinajstić information content (AvgIpc) is 2.89. The Morgan fingerprint density at radius 1 is 1.42 bits per heavy atom. The lowest BCUT2D eigenvalue weighted by atomic mass is 10.1. The quantitative estimate of drug-likeness (QED) is 0.928. The molecule has 19 heavy (non-hydrogen) atoms. The maximum Gasteiger partial charge on any atom is 0.120 e. The Morgan fingerprint density at radius 3 is 3.11 bits per heavy atom. The fourth-order valence-corrected chi connectivity index (χ4v) is 3.83. The van der Waals surface area contributed by atoms with Gasteiger partial charge in [-0.1, -0.05) is 19.1 Å². The smallest absolute Gasteiger partial charge is 0.120 e. The molecule has 2 heterocycles. The fourth-order valence-electron chi connectivity index (χ4n) is 2.87. The second-order valence-electron chi connectivity index (χ2n) is 5.20. The van der Waals surface area contributed by atoms with E-state index >= 15 is 0 Å². The van der Waals surface area contributed by atoms with Gasteiger partial charge in [-0.2, -0.15) is 4.37 Å². The van der Waals surface area contributed by atoms with Crippen molar-refractivity contribution in [2.24, 2.45) is 0 Å². The van der Waals surface area contributed by atoms with Gasteiger partial charge in [0, 0.05) is 24.5 Å². The highest BCUT2D eigenvalue weighted by molar-refractivity contribution is 7.11. The molecule has 4 heteroatoms. The zero-order chi connectivity index (χ0) is 13.1. The second kappa shape index (κ2) is 5.88. The van der Waals surface area contributed by atoms with Crippen LogP contribution in [-0.4, -0.2) is 30.0 Å². The summed E-state index contributed by atoms with van der Waals surface area (Å²) in [6.45, 7) is 5.65. The average molecular weight is 275 g/mol. The van der Waals surface area contributed by atoms with E-state index in [2.05, 4.69) is 45.8 Å². The van der Waals surface area contributed by atoms with E-state index < -0.39 is 0 Å². The number of benzene rings is 1. The molecular weight excluding hydrogens is 254 g/mol. The van der Waals surface area contributed by atoms with Crippen molar-refractivity contribution in [3.63, 3.8) is 0 Å². The van der Waals surface area contributed by atoms with Crippen LogP contribution >= 0.6 is 11.5 Å². The van der Waals surface area contributed by atoms with Gasteiger partial charge in [-0.15, -0.1) is 0 Å². The zero-order valence-corrected chi connectivity index (χ0v) is 12.2. The minimum Gasteiger partial charge on any atom is -0.357 e.